The van der Waals surface area contributed by atoms with Crippen molar-refractivity contribution in [2.24, 2.45) is 0 Å². The molecule has 0 aliphatic carbocycles. The molecule has 0 aliphatic heterocycles. The van der Waals surface area contributed by atoms with Crippen molar-refractivity contribution in [3.05, 3.63) is 47.5 Å². The van der Waals surface area contributed by atoms with Gasteiger partial charge in [-0.25, -0.2) is 4.98 Å². The standard InChI is InChI=1S/C13H10N4O/c1-18-11-4-2-10(3-5-11)8-17-9-16-12(6-14)13(17)7-15/h2-5,9H,8H2,1H3. The summed E-state index contributed by atoms with van der Waals surface area (Å²) in [6, 6.07) is 11.4. The molecule has 2 aromatic rings. The largest absolute Gasteiger partial charge is 0.497 e. The zero-order chi connectivity index (χ0) is 13.0. The summed E-state index contributed by atoms with van der Waals surface area (Å²) in [5.74, 6) is 0.780. The van der Waals surface area contributed by atoms with Gasteiger partial charge in [0, 0.05) is 6.54 Å². The van der Waals surface area contributed by atoms with E-state index >= 15 is 0 Å². The molecule has 0 spiro atoms. The highest BCUT2D eigenvalue weighted by Gasteiger charge is 2.09. The zero-order valence-corrected chi connectivity index (χ0v) is 9.79. The quantitative estimate of drug-likeness (QED) is 0.815. The lowest BCUT2D eigenvalue weighted by atomic mass is 10.2. The summed E-state index contributed by atoms with van der Waals surface area (Å²) in [5, 5.41) is 17.8. The summed E-state index contributed by atoms with van der Waals surface area (Å²) in [6.45, 7) is 0.502. The molecule has 2 rings (SSSR count). The van der Waals surface area contributed by atoms with Crippen LogP contribution in [0, 0.1) is 22.7 Å². The summed E-state index contributed by atoms with van der Waals surface area (Å²) < 4.78 is 6.72. The van der Waals surface area contributed by atoms with E-state index in [1.165, 1.54) is 6.33 Å². The Morgan fingerprint density at radius 3 is 2.50 bits per heavy atom. The maximum atomic E-state index is 9.00. The van der Waals surface area contributed by atoms with Gasteiger partial charge in [0.15, 0.2) is 11.4 Å². The molecule has 88 valence electrons. The van der Waals surface area contributed by atoms with E-state index < -0.39 is 0 Å². The SMILES string of the molecule is COc1ccc(Cn2cnc(C#N)c2C#N)cc1. The average Bonchev–Trinajstić information content (AvgIpc) is 2.81. The molecule has 0 aliphatic rings. The Kier molecular flexibility index (Phi) is 3.26. The summed E-state index contributed by atoms with van der Waals surface area (Å²) in [7, 11) is 1.61. The van der Waals surface area contributed by atoms with E-state index in [9.17, 15) is 0 Å². The van der Waals surface area contributed by atoms with Crippen molar-refractivity contribution >= 4 is 0 Å². The lowest BCUT2D eigenvalue weighted by Gasteiger charge is -2.05. The molecule has 0 radical (unpaired) electrons. The number of rotatable bonds is 3. The second-order valence-electron chi connectivity index (χ2n) is 3.64. The Labute approximate surface area is 104 Å². The van der Waals surface area contributed by atoms with Gasteiger partial charge in [0.25, 0.3) is 0 Å². The minimum absolute atomic E-state index is 0.158. The van der Waals surface area contributed by atoms with E-state index in [1.54, 1.807) is 11.7 Å². The van der Waals surface area contributed by atoms with Crippen LogP contribution in [0.1, 0.15) is 17.0 Å². The molecular formula is C13H10N4O. The zero-order valence-electron chi connectivity index (χ0n) is 9.79. The average molecular weight is 238 g/mol. The van der Waals surface area contributed by atoms with E-state index in [0.29, 0.717) is 6.54 Å². The van der Waals surface area contributed by atoms with Crippen molar-refractivity contribution in [3.8, 4) is 17.9 Å². The molecule has 5 heteroatoms. The molecular weight excluding hydrogens is 228 g/mol. The fourth-order valence-corrected chi connectivity index (χ4v) is 1.63. The maximum Gasteiger partial charge on any atom is 0.176 e. The van der Waals surface area contributed by atoms with E-state index in [2.05, 4.69) is 4.98 Å². The Hall–Kier alpha value is -2.79. The number of aromatic nitrogens is 2. The van der Waals surface area contributed by atoms with Crippen LogP contribution >= 0.6 is 0 Å². The van der Waals surface area contributed by atoms with Crippen LogP contribution in [0.3, 0.4) is 0 Å². The number of nitriles is 2. The minimum atomic E-state index is 0.158. The summed E-state index contributed by atoms with van der Waals surface area (Å²) in [4.78, 5) is 3.89. The number of hydrogen-bond donors (Lipinski definition) is 0. The molecule has 0 fully saturated rings. The van der Waals surface area contributed by atoms with E-state index in [0.717, 1.165) is 11.3 Å². The van der Waals surface area contributed by atoms with Gasteiger partial charge in [-0.2, -0.15) is 10.5 Å². The van der Waals surface area contributed by atoms with E-state index in [4.69, 9.17) is 15.3 Å². The molecule has 0 bridgehead atoms. The van der Waals surface area contributed by atoms with Gasteiger partial charge in [-0.05, 0) is 17.7 Å². The number of benzene rings is 1. The number of ether oxygens (including phenoxy) is 1. The van der Waals surface area contributed by atoms with Crippen LogP contribution in [0.25, 0.3) is 0 Å². The molecule has 1 aromatic heterocycles. The smallest absolute Gasteiger partial charge is 0.176 e. The molecule has 0 amide bonds. The second kappa shape index (κ2) is 5.03. The van der Waals surface area contributed by atoms with Gasteiger partial charge < -0.3 is 9.30 Å². The number of nitrogens with zero attached hydrogens (tertiary/aromatic N) is 4. The molecule has 1 aromatic carbocycles. The van der Waals surface area contributed by atoms with Gasteiger partial charge >= 0.3 is 0 Å². The van der Waals surface area contributed by atoms with Crippen molar-refractivity contribution in [1.82, 2.24) is 9.55 Å². The Morgan fingerprint density at radius 1 is 1.22 bits per heavy atom. The Balaban J connectivity index is 2.26. The molecule has 0 atom stereocenters. The van der Waals surface area contributed by atoms with Gasteiger partial charge in [0.1, 0.15) is 17.9 Å². The van der Waals surface area contributed by atoms with Crippen LogP contribution in [-0.4, -0.2) is 16.7 Å². The molecule has 1 heterocycles. The lowest BCUT2D eigenvalue weighted by molar-refractivity contribution is 0.414. The van der Waals surface area contributed by atoms with Crippen LogP contribution in [0.5, 0.6) is 5.75 Å². The first-order valence-electron chi connectivity index (χ1n) is 5.26. The van der Waals surface area contributed by atoms with Crippen LogP contribution in [-0.2, 0) is 6.54 Å². The topological polar surface area (TPSA) is 74.6 Å². The van der Waals surface area contributed by atoms with Crippen molar-refractivity contribution in [2.45, 2.75) is 6.54 Å². The molecule has 18 heavy (non-hydrogen) atoms. The van der Waals surface area contributed by atoms with Crippen LogP contribution in [0.2, 0.25) is 0 Å². The molecule has 0 saturated carbocycles. The maximum absolute atomic E-state index is 9.00. The van der Waals surface area contributed by atoms with Gasteiger partial charge in [0.2, 0.25) is 0 Å². The first-order valence-corrected chi connectivity index (χ1v) is 5.26. The van der Waals surface area contributed by atoms with Crippen molar-refractivity contribution in [1.29, 1.82) is 10.5 Å². The molecule has 0 unspecified atom stereocenters. The van der Waals surface area contributed by atoms with Gasteiger partial charge in [-0.1, -0.05) is 12.1 Å². The minimum Gasteiger partial charge on any atom is -0.497 e. The van der Waals surface area contributed by atoms with Crippen molar-refractivity contribution in [3.63, 3.8) is 0 Å². The first kappa shape index (κ1) is 11.7. The highest BCUT2D eigenvalue weighted by Crippen LogP contribution is 2.14. The fourth-order valence-electron chi connectivity index (χ4n) is 1.63. The van der Waals surface area contributed by atoms with Gasteiger partial charge in [0.05, 0.1) is 13.4 Å². The third-order valence-corrected chi connectivity index (χ3v) is 2.56. The van der Waals surface area contributed by atoms with Crippen LogP contribution in [0.4, 0.5) is 0 Å². The third kappa shape index (κ3) is 2.16. The first-order chi connectivity index (χ1) is 8.78. The van der Waals surface area contributed by atoms with Gasteiger partial charge in [-0.3, -0.25) is 0 Å². The third-order valence-electron chi connectivity index (χ3n) is 2.56. The highest BCUT2D eigenvalue weighted by molar-refractivity contribution is 5.37. The van der Waals surface area contributed by atoms with E-state index in [1.807, 2.05) is 36.4 Å². The summed E-state index contributed by atoms with van der Waals surface area (Å²) >= 11 is 0. The van der Waals surface area contributed by atoms with Crippen molar-refractivity contribution in [2.75, 3.05) is 7.11 Å². The van der Waals surface area contributed by atoms with Crippen LogP contribution < -0.4 is 4.74 Å². The molecule has 5 nitrogen and oxygen atoms in total. The van der Waals surface area contributed by atoms with Crippen LogP contribution in [0.15, 0.2) is 30.6 Å². The van der Waals surface area contributed by atoms with Crippen molar-refractivity contribution < 1.29 is 4.74 Å². The van der Waals surface area contributed by atoms with E-state index in [-0.39, 0.29) is 11.4 Å². The normalized spacial score (nSPS) is 9.50. The lowest BCUT2D eigenvalue weighted by Crippen LogP contribution is -2.01. The summed E-state index contributed by atoms with van der Waals surface area (Å²) in [5.41, 5.74) is 1.45. The number of methoxy groups -OCH3 is 1. The summed E-state index contributed by atoms with van der Waals surface area (Å²) in [6.07, 6.45) is 1.50. The monoisotopic (exact) mass is 238 g/mol. The fraction of sp³-hybridized carbons (Fsp3) is 0.154. The molecule has 0 saturated heterocycles. The van der Waals surface area contributed by atoms with Gasteiger partial charge in [-0.15, -0.1) is 0 Å². The Bertz CT molecular complexity index is 628. The predicted octanol–water partition coefficient (Wildman–Crippen LogP) is 1.68. The number of imidazole rings is 1. The Morgan fingerprint density at radius 2 is 1.94 bits per heavy atom. The predicted molar refractivity (Wildman–Crippen MR) is 63.8 cm³/mol. The number of hydrogen-bond acceptors (Lipinski definition) is 4. The molecule has 0 N–H and O–H groups in total. The highest BCUT2D eigenvalue weighted by atomic mass is 16.5. The second-order valence-corrected chi connectivity index (χ2v) is 3.64.